The third kappa shape index (κ3) is 1.86. The van der Waals surface area contributed by atoms with Gasteiger partial charge in [-0.25, -0.2) is 4.39 Å². The maximum Gasteiger partial charge on any atom is 0.251 e. The topological polar surface area (TPSA) is 34.9 Å². The molecule has 2 rings (SSSR count). The van der Waals surface area contributed by atoms with Gasteiger partial charge in [0.1, 0.15) is 5.82 Å². The molecule has 0 radical (unpaired) electrons. The summed E-state index contributed by atoms with van der Waals surface area (Å²) in [5, 5.41) is 0. The molecular formula is C13H13FN2O. The van der Waals surface area contributed by atoms with Crippen molar-refractivity contribution in [1.29, 1.82) is 0 Å². The predicted octanol–water partition coefficient (Wildman–Crippen LogP) is 2.28. The largest absolute Gasteiger partial charge is 0.303 e. The van der Waals surface area contributed by atoms with Crippen molar-refractivity contribution in [3.05, 3.63) is 52.7 Å². The maximum atomic E-state index is 13.7. The lowest BCUT2D eigenvalue weighted by Crippen LogP contribution is -2.20. The van der Waals surface area contributed by atoms with Crippen LogP contribution in [0.25, 0.3) is 11.0 Å². The SMILES string of the molecule is C=CCn1c(=O)ccc2ncc(F)c(CC)c21. The molecule has 0 unspecified atom stereocenters. The first-order chi connectivity index (χ1) is 8.19. The minimum atomic E-state index is -0.372. The van der Waals surface area contributed by atoms with E-state index in [0.29, 0.717) is 29.6 Å². The number of nitrogens with zero attached hydrogens (tertiary/aromatic N) is 2. The van der Waals surface area contributed by atoms with Crippen LogP contribution in [0.3, 0.4) is 0 Å². The number of pyridine rings is 2. The van der Waals surface area contributed by atoms with Gasteiger partial charge in [0.15, 0.2) is 0 Å². The van der Waals surface area contributed by atoms with Crippen LogP contribution in [-0.4, -0.2) is 9.55 Å². The van der Waals surface area contributed by atoms with E-state index in [0.717, 1.165) is 0 Å². The first-order valence-electron chi connectivity index (χ1n) is 5.46. The Morgan fingerprint density at radius 3 is 2.94 bits per heavy atom. The minimum Gasteiger partial charge on any atom is -0.303 e. The molecule has 0 fully saturated rings. The predicted molar refractivity (Wildman–Crippen MR) is 65.5 cm³/mol. The van der Waals surface area contributed by atoms with E-state index in [2.05, 4.69) is 11.6 Å². The average molecular weight is 232 g/mol. The van der Waals surface area contributed by atoms with Gasteiger partial charge in [0, 0.05) is 18.2 Å². The second kappa shape index (κ2) is 4.49. The van der Waals surface area contributed by atoms with Crippen LogP contribution in [0.5, 0.6) is 0 Å². The van der Waals surface area contributed by atoms with Gasteiger partial charge in [-0.2, -0.15) is 0 Å². The molecule has 0 amide bonds. The Morgan fingerprint density at radius 1 is 1.53 bits per heavy atom. The van der Waals surface area contributed by atoms with Crippen molar-refractivity contribution in [2.24, 2.45) is 0 Å². The summed E-state index contributed by atoms with van der Waals surface area (Å²) in [6, 6.07) is 3.06. The number of hydrogen-bond acceptors (Lipinski definition) is 2. The molecule has 2 aromatic rings. The van der Waals surface area contributed by atoms with Crippen LogP contribution in [-0.2, 0) is 13.0 Å². The number of halogens is 1. The highest BCUT2D eigenvalue weighted by Gasteiger charge is 2.11. The summed E-state index contributed by atoms with van der Waals surface area (Å²) in [5.41, 5.74) is 1.55. The van der Waals surface area contributed by atoms with Gasteiger partial charge in [-0.15, -0.1) is 6.58 Å². The average Bonchev–Trinajstić information content (AvgIpc) is 2.33. The van der Waals surface area contributed by atoms with E-state index in [1.54, 1.807) is 12.1 Å². The maximum absolute atomic E-state index is 13.7. The Bertz CT molecular complexity index is 631. The molecule has 2 aromatic heterocycles. The fourth-order valence-corrected chi connectivity index (χ4v) is 1.95. The molecule has 0 aliphatic heterocycles. The van der Waals surface area contributed by atoms with Crippen molar-refractivity contribution >= 4 is 11.0 Å². The molecule has 0 N–H and O–H groups in total. The molecule has 0 saturated carbocycles. The molecule has 2 heterocycles. The van der Waals surface area contributed by atoms with Crippen molar-refractivity contribution in [3.8, 4) is 0 Å². The van der Waals surface area contributed by atoms with Crippen LogP contribution in [0.15, 0.2) is 35.8 Å². The summed E-state index contributed by atoms with van der Waals surface area (Å²) in [4.78, 5) is 15.8. The number of rotatable bonds is 3. The molecule has 0 saturated heterocycles. The van der Waals surface area contributed by atoms with E-state index in [1.807, 2.05) is 6.92 Å². The van der Waals surface area contributed by atoms with Crippen LogP contribution in [0.2, 0.25) is 0 Å². The van der Waals surface area contributed by atoms with Gasteiger partial charge < -0.3 is 4.57 Å². The van der Waals surface area contributed by atoms with E-state index >= 15 is 0 Å². The van der Waals surface area contributed by atoms with Crippen molar-refractivity contribution in [3.63, 3.8) is 0 Å². The second-order valence-electron chi connectivity index (χ2n) is 3.74. The van der Waals surface area contributed by atoms with E-state index in [4.69, 9.17) is 0 Å². The lowest BCUT2D eigenvalue weighted by Gasteiger charge is -2.11. The Morgan fingerprint density at radius 2 is 2.29 bits per heavy atom. The number of aromatic nitrogens is 2. The molecule has 3 nitrogen and oxygen atoms in total. The zero-order chi connectivity index (χ0) is 12.4. The molecule has 0 bridgehead atoms. The van der Waals surface area contributed by atoms with Crippen molar-refractivity contribution in [2.75, 3.05) is 0 Å². The molecule has 4 heteroatoms. The first-order valence-corrected chi connectivity index (χ1v) is 5.46. The van der Waals surface area contributed by atoms with E-state index in [1.165, 1.54) is 16.8 Å². The fourth-order valence-electron chi connectivity index (χ4n) is 1.95. The Kier molecular flexibility index (Phi) is 3.04. The Balaban J connectivity index is 2.93. The van der Waals surface area contributed by atoms with Crippen LogP contribution < -0.4 is 5.56 Å². The normalized spacial score (nSPS) is 10.7. The zero-order valence-corrected chi connectivity index (χ0v) is 9.61. The van der Waals surface area contributed by atoms with Gasteiger partial charge in [-0.05, 0) is 12.5 Å². The molecule has 0 spiro atoms. The Labute approximate surface area is 98.2 Å². The molecule has 0 atom stereocenters. The molecule has 17 heavy (non-hydrogen) atoms. The van der Waals surface area contributed by atoms with Gasteiger partial charge in [-0.3, -0.25) is 9.78 Å². The van der Waals surface area contributed by atoms with Crippen molar-refractivity contribution in [2.45, 2.75) is 19.9 Å². The van der Waals surface area contributed by atoms with Crippen LogP contribution in [0, 0.1) is 5.82 Å². The smallest absolute Gasteiger partial charge is 0.251 e. The number of aryl methyl sites for hydroxylation is 1. The molecule has 0 aliphatic carbocycles. The van der Waals surface area contributed by atoms with Gasteiger partial charge in [-0.1, -0.05) is 13.0 Å². The van der Waals surface area contributed by atoms with Crippen LogP contribution in [0.1, 0.15) is 12.5 Å². The standard InChI is InChI=1S/C13H13FN2O/c1-3-7-16-12(17)6-5-11-13(16)9(4-2)10(14)8-15-11/h3,5-6,8H,1,4,7H2,2H3. The second-order valence-corrected chi connectivity index (χ2v) is 3.74. The quantitative estimate of drug-likeness (QED) is 0.761. The fraction of sp³-hybridized carbons (Fsp3) is 0.231. The lowest BCUT2D eigenvalue weighted by atomic mass is 10.1. The summed E-state index contributed by atoms with van der Waals surface area (Å²) >= 11 is 0. The molecule has 0 aromatic carbocycles. The van der Waals surface area contributed by atoms with E-state index in [-0.39, 0.29) is 11.4 Å². The van der Waals surface area contributed by atoms with E-state index < -0.39 is 0 Å². The Hall–Kier alpha value is -1.97. The highest BCUT2D eigenvalue weighted by molar-refractivity contribution is 5.78. The monoisotopic (exact) mass is 232 g/mol. The number of fused-ring (bicyclic) bond motifs is 1. The van der Waals surface area contributed by atoms with Gasteiger partial charge in [0.05, 0.1) is 17.2 Å². The van der Waals surface area contributed by atoms with Crippen LogP contribution in [0.4, 0.5) is 4.39 Å². The number of allylic oxidation sites excluding steroid dienone is 1. The lowest BCUT2D eigenvalue weighted by molar-refractivity contribution is 0.606. The summed E-state index contributed by atoms with van der Waals surface area (Å²) in [7, 11) is 0. The van der Waals surface area contributed by atoms with Gasteiger partial charge in [0.2, 0.25) is 0 Å². The number of hydrogen-bond donors (Lipinski definition) is 0. The summed E-state index contributed by atoms with van der Waals surface area (Å²) in [6.45, 7) is 5.82. The van der Waals surface area contributed by atoms with Crippen LogP contribution >= 0.6 is 0 Å². The molecule has 88 valence electrons. The third-order valence-electron chi connectivity index (χ3n) is 2.72. The minimum absolute atomic E-state index is 0.167. The first kappa shape index (κ1) is 11.5. The summed E-state index contributed by atoms with van der Waals surface area (Å²) in [5.74, 6) is -0.372. The highest BCUT2D eigenvalue weighted by atomic mass is 19.1. The molecular weight excluding hydrogens is 219 g/mol. The molecule has 0 aliphatic rings. The zero-order valence-electron chi connectivity index (χ0n) is 9.61. The van der Waals surface area contributed by atoms with E-state index in [9.17, 15) is 9.18 Å². The van der Waals surface area contributed by atoms with Crippen molar-refractivity contribution < 1.29 is 4.39 Å². The van der Waals surface area contributed by atoms with Gasteiger partial charge in [0.25, 0.3) is 5.56 Å². The third-order valence-corrected chi connectivity index (χ3v) is 2.72. The van der Waals surface area contributed by atoms with Gasteiger partial charge >= 0.3 is 0 Å². The summed E-state index contributed by atoms with van der Waals surface area (Å²) < 4.78 is 15.2. The highest BCUT2D eigenvalue weighted by Crippen LogP contribution is 2.18. The summed E-state index contributed by atoms with van der Waals surface area (Å²) in [6.07, 6.45) is 3.33. The van der Waals surface area contributed by atoms with Crippen molar-refractivity contribution in [1.82, 2.24) is 9.55 Å².